The Labute approximate surface area is 64.0 Å². The molecule has 0 amide bonds. The summed E-state index contributed by atoms with van der Waals surface area (Å²) in [6.45, 7) is 1.71. The smallest absolute Gasteiger partial charge is 0.156 e. The zero-order valence-electron chi connectivity index (χ0n) is 5.59. The first kappa shape index (κ1) is 9.43. The molecule has 0 aromatic heterocycles. The van der Waals surface area contributed by atoms with Crippen LogP contribution in [-0.4, -0.2) is 17.1 Å². The van der Waals surface area contributed by atoms with Crippen LogP contribution in [0, 0.1) is 0 Å². The van der Waals surface area contributed by atoms with E-state index in [1.165, 1.54) is 0 Å². The van der Waals surface area contributed by atoms with Gasteiger partial charge in [-0.2, -0.15) is 0 Å². The Balaban J connectivity index is 3.73. The highest BCUT2D eigenvalue weighted by molar-refractivity contribution is 6.32. The lowest BCUT2D eigenvalue weighted by Gasteiger charge is -2.04. The number of rotatable bonds is 4. The molecule has 0 saturated heterocycles. The van der Waals surface area contributed by atoms with Crippen molar-refractivity contribution in [1.29, 1.82) is 0 Å². The minimum atomic E-state index is -1.37. The first-order chi connectivity index (χ1) is 4.57. The third kappa shape index (κ3) is 3.45. The van der Waals surface area contributed by atoms with E-state index in [9.17, 15) is 14.7 Å². The molecule has 0 bridgehead atoms. The Hall–Kier alpha value is -0.570. The maximum Gasteiger partial charge on any atom is 0.156 e. The van der Waals surface area contributed by atoms with Crippen LogP contribution in [0.2, 0.25) is 0 Å². The molecule has 1 unspecified atom stereocenters. The van der Waals surface area contributed by atoms with Gasteiger partial charge >= 0.3 is 0 Å². The fourth-order valence-electron chi connectivity index (χ4n) is 0.481. The quantitative estimate of drug-likeness (QED) is 0.423. The number of carbonyl (C=O) groups excluding carboxylic acids is 2. The number of hydrogen-bond acceptors (Lipinski definition) is 3. The maximum absolute atomic E-state index is 10.6. The number of aliphatic carboxylic acids is 1. The van der Waals surface area contributed by atoms with Crippen LogP contribution < -0.4 is 5.11 Å². The van der Waals surface area contributed by atoms with Crippen molar-refractivity contribution in [3.8, 4) is 0 Å². The van der Waals surface area contributed by atoms with E-state index < -0.39 is 23.6 Å². The van der Waals surface area contributed by atoms with E-state index in [2.05, 4.69) is 0 Å². The molecule has 0 radical (unpaired) electrons. The van der Waals surface area contributed by atoms with Crippen molar-refractivity contribution in [1.82, 2.24) is 0 Å². The topological polar surface area (TPSA) is 57.2 Å². The van der Waals surface area contributed by atoms with Crippen molar-refractivity contribution in [2.75, 3.05) is 0 Å². The lowest BCUT2D eigenvalue weighted by Crippen LogP contribution is -2.28. The van der Waals surface area contributed by atoms with Crippen molar-refractivity contribution in [3.05, 3.63) is 0 Å². The summed E-state index contributed by atoms with van der Waals surface area (Å²) in [7, 11) is 0. The molecule has 0 aliphatic rings. The molecular weight excluding hydrogens is 156 g/mol. The highest BCUT2D eigenvalue weighted by atomic mass is 35.5. The summed E-state index contributed by atoms with van der Waals surface area (Å²) in [6.07, 6.45) is -0.129. The second kappa shape index (κ2) is 4.28. The van der Waals surface area contributed by atoms with Crippen molar-refractivity contribution in [2.24, 2.45) is 0 Å². The zero-order chi connectivity index (χ0) is 8.15. The van der Waals surface area contributed by atoms with Gasteiger partial charge in [0.1, 0.15) is 0 Å². The molecule has 58 valence electrons. The molecule has 0 heterocycles. The first-order valence-electron chi connectivity index (χ1n) is 2.94. The predicted molar refractivity (Wildman–Crippen MR) is 34.6 cm³/mol. The summed E-state index contributed by atoms with van der Waals surface area (Å²) < 4.78 is 0. The molecule has 10 heavy (non-hydrogen) atoms. The van der Waals surface area contributed by atoms with Gasteiger partial charge in [-0.05, 0) is 6.42 Å². The van der Waals surface area contributed by atoms with Gasteiger partial charge in [0.05, 0.1) is 5.38 Å². The molecule has 0 aromatic rings. The Morgan fingerprint density at radius 1 is 1.60 bits per heavy atom. The van der Waals surface area contributed by atoms with Gasteiger partial charge in [-0.15, -0.1) is 11.6 Å². The average Bonchev–Trinajstić information content (AvgIpc) is 1.85. The molecule has 3 nitrogen and oxygen atoms in total. The lowest BCUT2D eigenvalue weighted by atomic mass is 10.2. The van der Waals surface area contributed by atoms with Crippen molar-refractivity contribution < 1.29 is 14.7 Å². The Morgan fingerprint density at radius 2 is 2.10 bits per heavy atom. The van der Waals surface area contributed by atoms with Crippen LogP contribution in [0.5, 0.6) is 0 Å². The maximum atomic E-state index is 10.6. The number of carbonyl (C=O) groups is 2. The molecule has 0 rings (SSSR count). The second-order valence-electron chi connectivity index (χ2n) is 1.89. The SMILES string of the molecule is CCC(Cl)C(=O)CC(=O)[O-]. The van der Waals surface area contributed by atoms with E-state index in [0.717, 1.165) is 0 Å². The monoisotopic (exact) mass is 163 g/mol. The van der Waals surface area contributed by atoms with Crippen LogP contribution in [0.15, 0.2) is 0 Å². The van der Waals surface area contributed by atoms with Gasteiger partial charge in [0.25, 0.3) is 0 Å². The summed E-state index contributed by atoms with van der Waals surface area (Å²) in [4.78, 5) is 20.5. The van der Waals surface area contributed by atoms with Crippen LogP contribution in [0.3, 0.4) is 0 Å². The highest BCUT2D eigenvalue weighted by Crippen LogP contribution is 2.04. The Morgan fingerprint density at radius 3 is 2.40 bits per heavy atom. The van der Waals surface area contributed by atoms with Gasteiger partial charge in [-0.25, -0.2) is 0 Å². The summed E-state index contributed by atoms with van der Waals surface area (Å²) >= 11 is 5.42. The molecule has 4 heteroatoms. The van der Waals surface area contributed by atoms with E-state index in [4.69, 9.17) is 11.6 Å². The molecule has 1 atom stereocenters. The van der Waals surface area contributed by atoms with E-state index in [-0.39, 0.29) is 0 Å². The minimum absolute atomic E-state index is 0.452. The van der Waals surface area contributed by atoms with Crippen LogP contribution in [-0.2, 0) is 9.59 Å². The fourth-order valence-corrected chi connectivity index (χ4v) is 0.558. The van der Waals surface area contributed by atoms with Crippen LogP contribution in [0.1, 0.15) is 19.8 Å². The molecule has 0 N–H and O–H groups in total. The van der Waals surface area contributed by atoms with Crippen LogP contribution in [0.4, 0.5) is 0 Å². The third-order valence-corrected chi connectivity index (χ3v) is 1.58. The molecule has 0 fully saturated rings. The lowest BCUT2D eigenvalue weighted by molar-refractivity contribution is -0.304. The number of carboxylic acids is 1. The standard InChI is InChI=1S/C6H9ClO3/c1-2-4(7)5(8)3-6(9)10/h4H,2-3H2,1H3,(H,9,10)/p-1. The number of hydrogen-bond donors (Lipinski definition) is 0. The summed E-state index contributed by atoms with van der Waals surface area (Å²) in [6, 6.07) is 0. The first-order valence-corrected chi connectivity index (χ1v) is 3.38. The van der Waals surface area contributed by atoms with E-state index in [0.29, 0.717) is 6.42 Å². The number of ketones is 1. The summed E-state index contributed by atoms with van der Waals surface area (Å²) in [5.41, 5.74) is 0. The van der Waals surface area contributed by atoms with Gasteiger partial charge in [0.2, 0.25) is 0 Å². The number of Topliss-reactive ketones (excluding diaryl/α,β-unsaturated/α-hetero) is 1. The van der Waals surface area contributed by atoms with E-state index in [1.807, 2.05) is 0 Å². The highest BCUT2D eigenvalue weighted by Gasteiger charge is 2.11. The largest absolute Gasteiger partial charge is 0.550 e. The van der Waals surface area contributed by atoms with Gasteiger partial charge in [0.15, 0.2) is 5.78 Å². The zero-order valence-corrected chi connectivity index (χ0v) is 6.35. The van der Waals surface area contributed by atoms with Gasteiger partial charge in [-0.3, -0.25) is 4.79 Å². The Kier molecular flexibility index (Phi) is 4.03. The average molecular weight is 164 g/mol. The van der Waals surface area contributed by atoms with Gasteiger partial charge < -0.3 is 9.90 Å². The summed E-state index contributed by atoms with van der Waals surface area (Å²) in [5, 5.41) is 9.16. The number of carboxylic acid groups (broad SMARTS) is 1. The van der Waals surface area contributed by atoms with Gasteiger partial charge in [-0.1, -0.05) is 6.92 Å². The third-order valence-electron chi connectivity index (χ3n) is 1.03. The van der Waals surface area contributed by atoms with E-state index in [1.54, 1.807) is 6.92 Å². The van der Waals surface area contributed by atoms with E-state index >= 15 is 0 Å². The van der Waals surface area contributed by atoms with Crippen LogP contribution in [0.25, 0.3) is 0 Å². The fraction of sp³-hybridized carbons (Fsp3) is 0.667. The molecule has 0 aromatic carbocycles. The molecular formula is C6H8ClO3-. The second-order valence-corrected chi connectivity index (χ2v) is 2.42. The Bertz CT molecular complexity index is 144. The molecule has 0 aliphatic heterocycles. The molecule has 0 saturated carbocycles. The minimum Gasteiger partial charge on any atom is -0.550 e. The number of alkyl halides is 1. The molecule has 0 aliphatic carbocycles. The van der Waals surface area contributed by atoms with Crippen molar-refractivity contribution in [3.63, 3.8) is 0 Å². The van der Waals surface area contributed by atoms with Crippen molar-refractivity contribution in [2.45, 2.75) is 25.1 Å². The molecule has 0 spiro atoms. The number of halogens is 1. The van der Waals surface area contributed by atoms with Crippen LogP contribution >= 0.6 is 11.6 Å². The van der Waals surface area contributed by atoms with Gasteiger partial charge in [0, 0.05) is 12.4 Å². The van der Waals surface area contributed by atoms with Crippen molar-refractivity contribution >= 4 is 23.4 Å². The normalized spacial score (nSPS) is 12.6. The summed E-state index contributed by atoms with van der Waals surface area (Å²) in [5.74, 6) is -1.85. The predicted octanol–water partition coefficient (Wildman–Crippen LogP) is -0.287.